The van der Waals surface area contributed by atoms with E-state index in [-0.39, 0.29) is 11.8 Å². The Labute approximate surface area is 140 Å². The Kier molecular flexibility index (Phi) is 4.91. The van der Waals surface area contributed by atoms with Gasteiger partial charge in [-0.3, -0.25) is 14.5 Å². The molecule has 0 saturated carbocycles. The zero-order chi connectivity index (χ0) is 16.9. The van der Waals surface area contributed by atoms with Crippen LogP contribution in [0.3, 0.4) is 0 Å². The zero-order valence-electron chi connectivity index (χ0n) is 13.5. The van der Waals surface area contributed by atoms with Crippen molar-refractivity contribution in [3.05, 3.63) is 65.2 Å². The Morgan fingerprint density at radius 3 is 2.33 bits per heavy atom. The van der Waals surface area contributed by atoms with Gasteiger partial charge < -0.3 is 4.89 Å². The Morgan fingerprint density at radius 2 is 1.67 bits per heavy atom. The molecule has 124 valence electrons. The van der Waals surface area contributed by atoms with Crippen LogP contribution in [0.4, 0.5) is 0 Å². The van der Waals surface area contributed by atoms with E-state index in [2.05, 4.69) is 0 Å². The zero-order valence-corrected chi connectivity index (χ0v) is 13.5. The van der Waals surface area contributed by atoms with E-state index in [4.69, 9.17) is 9.78 Å². The number of hydrogen-bond acceptors (Lipinski definition) is 4. The molecule has 0 bridgehead atoms. The number of imide groups is 1. The van der Waals surface area contributed by atoms with Crippen LogP contribution < -0.4 is 4.89 Å². The summed E-state index contributed by atoms with van der Waals surface area (Å²) in [5.41, 5.74) is 2.06. The summed E-state index contributed by atoms with van der Waals surface area (Å²) < 4.78 is 0. The summed E-state index contributed by atoms with van der Waals surface area (Å²) in [4.78, 5) is 36.0. The van der Waals surface area contributed by atoms with Crippen LogP contribution in [0.15, 0.2) is 48.5 Å². The van der Waals surface area contributed by atoms with E-state index in [1.807, 2.05) is 31.2 Å². The van der Waals surface area contributed by atoms with Gasteiger partial charge >= 0.3 is 0 Å². The van der Waals surface area contributed by atoms with Crippen molar-refractivity contribution >= 4 is 11.8 Å². The average Bonchev–Trinajstić information content (AvgIpc) is 2.86. The molecule has 3 rings (SSSR count). The van der Waals surface area contributed by atoms with Crippen molar-refractivity contribution in [3.8, 4) is 5.75 Å². The van der Waals surface area contributed by atoms with Crippen LogP contribution in [0.1, 0.15) is 39.6 Å². The lowest BCUT2D eigenvalue weighted by Crippen LogP contribution is -2.30. The third kappa shape index (κ3) is 3.31. The molecule has 1 heterocycles. The fraction of sp³-hybridized carbons (Fsp3) is 0.263. The van der Waals surface area contributed by atoms with Crippen LogP contribution in [-0.4, -0.2) is 29.9 Å². The lowest BCUT2D eigenvalue weighted by Gasteiger charge is -2.13. The van der Waals surface area contributed by atoms with Crippen molar-refractivity contribution < 1.29 is 19.4 Å². The van der Waals surface area contributed by atoms with Gasteiger partial charge in [0.15, 0.2) is 5.75 Å². The van der Waals surface area contributed by atoms with E-state index in [9.17, 15) is 9.59 Å². The largest absolute Gasteiger partial charge is 0.338 e. The van der Waals surface area contributed by atoms with Crippen LogP contribution in [0.25, 0.3) is 0 Å². The molecule has 0 N–H and O–H groups in total. The van der Waals surface area contributed by atoms with E-state index in [1.165, 1.54) is 4.90 Å². The lowest BCUT2D eigenvalue weighted by atomic mass is 10.1. The van der Waals surface area contributed by atoms with Crippen LogP contribution in [-0.2, 0) is 11.3 Å². The molecule has 0 saturated heterocycles. The fourth-order valence-electron chi connectivity index (χ4n) is 2.76. The van der Waals surface area contributed by atoms with E-state index < -0.39 is 0 Å². The summed E-state index contributed by atoms with van der Waals surface area (Å²) in [6.07, 6.45) is 1.44. The predicted molar refractivity (Wildman–Crippen MR) is 88.8 cm³/mol. The quantitative estimate of drug-likeness (QED) is 0.445. The first-order chi connectivity index (χ1) is 11.7. The first-order valence-corrected chi connectivity index (χ1v) is 8.04. The lowest BCUT2D eigenvalue weighted by molar-refractivity contribution is -0.202. The molecule has 1 aliphatic heterocycles. The minimum absolute atomic E-state index is 0.205. The summed E-state index contributed by atoms with van der Waals surface area (Å²) in [7, 11) is 0. The van der Waals surface area contributed by atoms with Crippen LogP contribution >= 0.6 is 0 Å². The number of amides is 2. The van der Waals surface area contributed by atoms with E-state index in [0.29, 0.717) is 36.4 Å². The van der Waals surface area contributed by atoms with Crippen molar-refractivity contribution in [1.82, 2.24) is 4.90 Å². The standard InChI is InChI=1S/C19H19NO4/c1-2-23-24-15-9-5-7-14(13-15)8-6-12-20-18(21)16-10-3-4-11-17(16)19(20)22/h3-5,7,9-11,13H,2,6,8,12H2,1H3. The van der Waals surface area contributed by atoms with Gasteiger partial charge in [-0.15, -0.1) is 0 Å². The highest BCUT2D eigenvalue weighted by Crippen LogP contribution is 2.23. The first kappa shape index (κ1) is 16.2. The molecule has 0 atom stereocenters. The van der Waals surface area contributed by atoms with Gasteiger partial charge in [0.1, 0.15) is 0 Å². The molecular weight excluding hydrogens is 306 g/mol. The predicted octanol–water partition coefficient (Wildman–Crippen LogP) is 3.25. The third-order valence-corrected chi connectivity index (χ3v) is 3.90. The van der Waals surface area contributed by atoms with Gasteiger partial charge in [-0.1, -0.05) is 24.3 Å². The van der Waals surface area contributed by atoms with Crippen molar-refractivity contribution in [2.75, 3.05) is 13.2 Å². The van der Waals surface area contributed by atoms with Gasteiger partial charge in [0.25, 0.3) is 11.8 Å². The van der Waals surface area contributed by atoms with E-state index in [1.54, 1.807) is 24.3 Å². The minimum atomic E-state index is -0.205. The summed E-state index contributed by atoms with van der Waals surface area (Å²) in [6, 6.07) is 14.6. The second kappa shape index (κ2) is 7.27. The maximum atomic E-state index is 12.3. The first-order valence-electron chi connectivity index (χ1n) is 8.04. The molecule has 5 heteroatoms. The highest BCUT2D eigenvalue weighted by atomic mass is 17.2. The Morgan fingerprint density at radius 1 is 0.958 bits per heavy atom. The highest BCUT2D eigenvalue weighted by Gasteiger charge is 2.34. The van der Waals surface area contributed by atoms with Crippen molar-refractivity contribution in [3.63, 3.8) is 0 Å². The minimum Gasteiger partial charge on any atom is -0.338 e. The maximum Gasteiger partial charge on any atom is 0.261 e. The molecule has 0 aliphatic carbocycles. The van der Waals surface area contributed by atoms with E-state index >= 15 is 0 Å². The van der Waals surface area contributed by atoms with Crippen molar-refractivity contribution in [1.29, 1.82) is 0 Å². The Hall–Kier alpha value is -2.66. The third-order valence-electron chi connectivity index (χ3n) is 3.90. The van der Waals surface area contributed by atoms with Gasteiger partial charge in [0.05, 0.1) is 17.7 Å². The molecule has 0 radical (unpaired) electrons. The number of carbonyl (C=O) groups is 2. The summed E-state index contributed by atoms with van der Waals surface area (Å²) in [5.74, 6) is 0.239. The Bertz CT molecular complexity index is 722. The molecule has 2 aromatic rings. The number of nitrogens with zero attached hydrogens (tertiary/aromatic N) is 1. The van der Waals surface area contributed by atoms with E-state index in [0.717, 1.165) is 12.0 Å². The van der Waals surface area contributed by atoms with Gasteiger partial charge in [0.2, 0.25) is 0 Å². The second-order valence-corrected chi connectivity index (χ2v) is 5.55. The number of hydrogen-bond donors (Lipinski definition) is 0. The summed E-state index contributed by atoms with van der Waals surface area (Å²) in [6.45, 7) is 2.73. The monoisotopic (exact) mass is 325 g/mol. The molecular formula is C19H19NO4. The molecule has 0 spiro atoms. The highest BCUT2D eigenvalue weighted by molar-refractivity contribution is 6.21. The van der Waals surface area contributed by atoms with Gasteiger partial charge in [-0.2, -0.15) is 4.89 Å². The molecule has 0 unspecified atom stereocenters. The van der Waals surface area contributed by atoms with Crippen LogP contribution in [0.5, 0.6) is 5.75 Å². The molecule has 0 fully saturated rings. The second-order valence-electron chi connectivity index (χ2n) is 5.55. The molecule has 2 amide bonds. The smallest absolute Gasteiger partial charge is 0.261 e. The number of rotatable bonds is 7. The molecule has 24 heavy (non-hydrogen) atoms. The van der Waals surface area contributed by atoms with Crippen molar-refractivity contribution in [2.45, 2.75) is 19.8 Å². The fourth-order valence-corrected chi connectivity index (χ4v) is 2.76. The van der Waals surface area contributed by atoms with Crippen LogP contribution in [0.2, 0.25) is 0 Å². The summed E-state index contributed by atoms with van der Waals surface area (Å²) in [5, 5.41) is 0. The summed E-state index contributed by atoms with van der Waals surface area (Å²) >= 11 is 0. The average molecular weight is 325 g/mol. The van der Waals surface area contributed by atoms with Gasteiger partial charge in [-0.05, 0) is 49.6 Å². The topological polar surface area (TPSA) is 55.8 Å². The molecule has 0 aromatic heterocycles. The van der Waals surface area contributed by atoms with Gasteiger partial charge in [0, 0.05) is 6.54 Å². The SMILES string of the molecule is CCOOc1cccc(CCCN2C(=O)c3ccccc3C2=O)c1. The maximum absolute atomic E-state index is 12.3. The van der Waals surface area contributed by atoms with Crippen LogP contribution in [0, 0.1) is 0 Å². The number of aryl methyl sites for hydroxylation is 1. The molecule has 5 nitrogen and oxygen atoms in total. The van der Waals surface area contributed by atoms with Crippen molar-refractivity contribution in [2.24, 2.45) is 0 Å². The Balaban J connectivity index is 1.58. The number of fused-ring (bicyclic) bond motifs is 1. The normalized spacial score (nSPS) is 13.3. The van der Waals surface area contributed by atoms with Gasteiger partial charge in [-0.25, -0.2) is 0 Å². The number of carbonyl (C=O) groups excluding carboxylic acids is 2. The number of benzene rings is 2. The molecule has 1 aliphatic rings. The molecule has 2 aromatic carbocycles.